The molecule has 1 aromatic carbocycles. The second kappa shape index (κ2) is 5.96. The van der Waals surface area contributed by atoms with E-state index in [1.165, 1.54) is 16.7 Å². The van der Waals surface area contributed by atoms with Gasteiger partial charge in [-0.1, -0.05) is 31.5 Å². The third-order valence-electron chi connectivity index (χ3n) is 4.59. The highest BCUT2D eigenvalue weighted by Gasteiger charge is 2.43. The fourth-order valence-electron chi connectivity index (χ4n) is 3.22. The molecule has 1 saturated heterocycles. The van der Waals surface area contributed by atoms with Gasteiger partial charge >= 0.3 is 5.97 Å². The number of nitrogens with zero attached hydrogens (tertiary/aromatic N) is 1. The Morgan fingerprint density at radius 2 is 2.10 bits per heavy atom. The number of carboxylic acids is 1. The molecular weight excluding hydrogens is 250 g/mol. The van der Waals surface area contributed by atoms with Crippen molar-refractivity contribution in [2.45, 2.75) is 46.6 Å². The van der Waals surface area contributed by atoms with Crippen molar-refractivity contribution in [3.63, 3.8) is 0 Å². The van der Waals surface area contributed by atoms with Crippen molar-refractivity contribution < 1.29 is 9.90 Å². The molecule has 1 unspecified atom stereocenters. The first-order valence-electron chi connectivity index (χ1n) is 7.49. The summed E-state index contributed by atoms with van der Waals surface area (Å²) in [5.74, 6) is -0.623. The normalized spacial score (nSPS) is 23.1. The molecule has 2 rings (SSSR count). The van der Waals surface area contributed by atoms with Crippen LogP contribution < -0.4 is 0 Å². The number of likely N-dealkylation sites (tertiary alicyclic amines) is 1. The summed E-state index contributed by atoms with van der Waals surface area (Å²) in [5.41, 5.74) is 3.38. The maximum atomic E-state index is 11.6. The van der Waals surface area contributed by atoms with Crippen LogP contribution in [0.3, 0.4) is 0 Å². The summed E-state index contributed by atoms with van der Waals surface area (Å²) in [6.45, 7) is 8.74. The van der Waals surface area contributed by atoms with Crippen LogP contribution in [0, 0.1) is 19.3 Å². The largest absolute Gasteiger partial charge is 0.481 e. The Balaban J connectivity index is 2.05. The maximum Gasteiger partial charge on any atom is 0.310 e. The molecule has 1 aliphatic rings. The number of hydrogen-bond donors (Lipinski definition) is 1. The van der Waals surface area contributed by atoms with Gasteiger partial charge in [0.05, 0.1) is 5.41 Å². The molecule has 110 valence electrons. The predicted molar refractivity (Wildman–Crippen MR) is 80.8 cm³/mol. The molecule has 0 amide bonds. The van der Waals surface area contributed by atoms with E-state index < -0.39 is 11.4 Å². The van der Waals surface area contributed by atoms with Crippen molar-refractivity contribution in [1.82, 2.24) is 4.90 Å². The van der Waals surface area contributed by atoms with Gasteiger partial charge in [-0.3, -0.25) is 9.69 Å². The Morgan fingerprint density at radius 1 is 1.35 bits per heavy atom. The van der Waals surface area contributed by atoms with E-state index in [2.05, 4.69) is 43.9 Å². The first-order chi connectivity index (χ1) is 9.47. The molecule has 20 heavy (non-hydrogen) atoms. The molecule has 0 aliphatic carbocycles. The lowest BCUT2D eigenvalue weighted by Gasteiger charge is -2.24. The van der Waals surface area contributed by atoms with Gasteiger partial charge in [0, 0.05) is 13.1 Å². The van der Waals surface area contributed by atoms with Gasteiger partial charge in [-0.15, -0.1) is 0 Å². The fourth-order valence-corrected chi connectivity index (χ4v) is 3.22. The summed E-state index contributed by atoms with van der Waals surface area (Å²) in [4.78, 5) is 13.9. The van der Waals surface area contributed by atoms with Crippen molar-refractivity contribution in [2.24, 2.45) is 5.41 Å². The van der Waals surface area contributed by atoms with E-state index in [1.807, 2.05) is 0 Å². The highest BCUT2D eigenvalue weighted by molar-refractivity contribution is 5.75. The molecule has 1 atom stereocenters. The minimum Gasteiger partial charge on any atom is -0.481 e. The third-order valence-corrected chi connectivity index (χ3v) is 4.59. The SMILES string of the molecule is CCCC1(C(=O)O)CCN(Cc2ccc(C)c(C)c2)C1. The summed E-state index contributed by atoms with van der Waals surface area (Å²) in [7, 11) is 0. The highest BCUT2D eigenvalue weighted by Crippen LogP contribution is 2.36. The monoisotopic (exact) mass is 275 g/mol. The zero-order valence-corrected chi connectivity index (χ0v) is 12.8. The van der Waals surface area contributed by atoms with Gasteiger partial charge in [-0.25, -0.2) is 0 Å². The number of aliphatic carboxylic acids is 1. The van der Waals surface area contributed by atoms with Gasteiger partial charge in [-0.2, -0.15) is 0 Å². The van der Waals surface area contributed by atoms with Crippen molar-refractivity contribution in [3.8, 4) is 0 Å². The van der Waals surface area contributed by atoms with Crippen molar-refractivity contribution in [1.29, 1.82) is 0 Å². The van der Waals surface area contributed by atoms with Crippen LogP contribution in [0.4, 0.5) is 0 Å². The van der Waals surface area contributed by atoms with Crippen LogP contribution in [0.15, 0.2) is 18.2 Å². The predicted octanol–water partition coefficient (Wildman–Crippen LogP) is 3.38. The van der Waals surface area contributed by atoms with E-state index >= 15 is 0 Å². The van der Waals surface area contributed by atoms with E-state index in [4.69, 9.17) is 0 Å². The Labute approximate surface area is 121 Å². The second-order valence-electron chi connectivity index (χ2n) is 6.21. The van der Waals surface area contributed by atoms with Crippen molar-refractivity contribution in [3.05, 3.63) is 34.9 Å². The Kier molecular flexibility index (Phi) is 4.48. The molecular formula is C17H25NO2. The van der Waals surface area contributed by atoms with Crippen LogP contribution in [0.2, 0.25) is 0 Å². The van der Waals surface area contributed by atoms with Gasteiger partial charge < -0.3 is 5.11 Å². The van der Waals surface area contributed by atoms with Crippen LogP contribution in [-0.2, 0) is 11.3 Å². The second-order valence-corrected chi connectivity index (χ2v) is 6.21. The molecule has 0 saturated carbocycles. The Morgan fingerprint density at radius 3 is 2.70 bits per heavy atom. The lowest BCUT2D eigenvalue weighted by molar-refractivity contribution is -0.148. The molecule has 3 nitrogen and oxygen atoms in total. The average molecular weight is 275 g/mol. The van der Waals surface area contributed by atoms with Crippen LogP contribution >= 0.6 is 0 Å². The molecule has 1 aliphatic heterocycles. The van der Waals surface area contributed by atoms with Crippen LogP contribution in [0.1, 0.15) is 42.9 Å². The molecule has 1 fully saturated rings. The number of hydrogen-bond acceptors (Lipinski definition) is 2. The lowest BCUT2D eigenvalue weighted by atomic mass is 9.83. The van der Waals surface area contributed by atoms with Crippen LogP contribution in [-0.4, -0.2) is 29.1 Å². The molecule has 0 bridgehead atoms. The van der Waals surface area contributed by atoms with E-state index in [1.54, 1.807) is 0 Å². The zero-order chi connectivity index (χ0) is 14.8. The number of benzene rings is 1. The van der Waals surface area contributed by atoms with Crippen molar-refractivity contribution >= 4 is 5.97 Å². The van der Waals surface area contributed by atoms with Gasteiger partial charge in [0.25, 0.3) is 0 Å². The summed E-state index contributed by atoms with van der Waals surface area (Å²) < 4.78 is 0. The summed E-state index contributed by atoms with van der Waals surface area (Å²) >= 11 is 0. The summed E-state index contributed by atoms with van der Waals surface area (Å²) in [5, 5.41) is 9.53. The quantitative estimate of drug-likeness (QED) is 0.895. The molecule has 1 heterocycles. The summed E-state index contributed by atoms with van der Waals surface area (Å²) in [6.07, 6.45) is 2.50. The number of carbonyl (C=O) groups is 1. The fraction of sp³-hybridized carbons (Fsp3) is 0.588. The summed E-state index contributed by atoms with van der Waals surface area (Å²) in [6, 6.07) is 6.52. The molecule has 3 heteroatoms. The Hall–Kier alpha value is -1.35. The molecule has 0 aromatic heterocycles. The van der Waals surface area contributed by atoms with E-state index in [9.17, 15) is 9.90 Å². The molecule has 1 N–H and O–H groups in total. The highest BCUT2D eigenvalue weighted by atomic mass is 16.4. The lowest BCUT2D eigenvalue weighted by Crippen LogP contribution is -2.34. The smallest absolute Gasteiger partial charge is 0.310 e. The molecule has 0 spiro atoms. The van der Waals surface area contributed by atoms with Crippen LogP contribution in [0.25, 0.3) is 0 Å². The number of aryl methyl sites for hydroxylation is 2. The molecule has 1 aromatic rings. The van der Waals surface area contributed by atoms with Gasteiger partial charge in [0.15, 0.2) is 0 Å². The average Bonchev–Trinajstić information content (AvgIpc) is 2.79. The standard InChI is InChI=1S/C17H25NO2/c1-4-7-17(16(19)20)8-9-18(12-17)11-15-6-5-13(2)14(3)10-15/h5-6,10H,4,7-9,11-12H2,1-3H3,(H,19,20). The van der Waals surface area contributed by atoms with Gasteiger partial charge in [0.1, 0.15) is 0 Å². The third kappa shape index (κ3) is 3.04. The minimum atomic E-state index is -0.623. The minimum absolute atomic E-state index is 0.519. The van der Waals surface area contributed by atoms with Gasteiger partial charge in [-0.05, 0) is 49.9 Å². The van der Waals surface area contributed by atoms with E-state index in [0.29, 0.717) is 6.54 Å². The number of carboxylic acid groups (broad SMARTS) is 1. The first-order valence-corrected chi connectivity index (χ1v) is 7.49. The maximum absolute atomic E-state index is 11.6. The van der Waals surface area contributed by atoms with Crippen LogP contribution in [0.5, 0.6) is 0 Å². The number of rotatable bonds is 5. The molecule has 0 radical (unpaired) electrons. The Bertz CT molecular complexity index is 498. The topological polar surface area (TPSA) is 40.5 Å². The first kappa shape index (κ1) is 15.0. The van der Waals surface area contributed by atoms with Crippen molar-refractivity contribution in [2.75, 3.05) is 13.1 Å². The van der Waals surface area contributed by atoms with E-state index in [0.717, 1.165) is 32.4 Å². The van der Waals surface area contributed by atoms with Gasteiger partial charge in [0.2, 0.25) is 0 Å². The zero-order valence-electron chi connectivity index (χ0n) is 12.8. The van der Waals surface area contributed by atoms with E-state index in [-0.39, 0.29) is 0 Å².